The minimum Gasteiger partial charge on any atom is -0.493 e. The normalized spacial score (nSPS) is 23.0. The number of ether oxygens (including phenoxy) is 2. The number of fused-ring (bicyclic) bond motifs is 3. The number of hydrogen-bond donors (Lipinski definition) is 1. The molecule has 2 heterocycles. The van der Waals surface area contributed by atoms with Crippen molar-refractivity contribution in [1.82, 2.24) is 10.2 Å². The third-order valence-electron chi connectivity index (χ3n) is 4.57. The number of carbonyl (C=O) groups excluding carboxylic acids is 2. The lowest BCUT2D eigenvalue weighted by Crippen LogP contribution is -2.52. The van der Waals surface area contributed by atoms with E-state index in [2.05, 4.69) is 11.9 Å². The number of methoxy groups -OCH3 is 2. The Hall–Kier alpha value is -2.15. The molecule has 2 amide bonds. The maximum absolute atomic E-state index is 13.2. The van der Waals surface area contributed by atoms with Gasteiger partial charge >= 0.3 is 0 Å². The van der Waals surface area contributed by atoms with Crippen molar-refractivity contribution in [3.05, 3.63) is 35.9 Å². The smallest absolute Gasteiger partial charge is 0.260 e. The van der Waals surface area contributed by atoms with Crippen molar-refractivity contribution in [3.8, 4) is 11.5 Å². The van der Waals surface area contributed by atoms with Gasteiger partial charge in [-0.1, -0.05) is 12.1 Å². The van der Waals surface area contributed by atoms with Crippen LogP contribution in [0.4, 0.5) is 0 Å². The Balaban J connectivity index is 2.06. The third kappa shape index (κ3) is 2.57. The Bertz CT molecular complexity index is 747. The van der Waals surface area contributed by atoms with Crippen molar-refractivity contribution < 1.29 is 19.1 Å². The summed E-state index contributed by atoms with van der Waals surface area (Å²) in [5, 5.41) is 2.61. The van der Waals surface area contributed by atoms with Gasteiger partial charge in [0.1, 0.15) is 11.4 Å². The Labute approximate surface area is 151 Å². The lowest BCUT2D eigenvalue weighted by Gasteiger charge is -2.29. The number of thioether (sulfide) groups is 1. The highest BCUT2D eigenvalue weighted by molar-refractivity contribution is 8.01. The fraction of sp³-hybridized carbons (Fsp3) is 0.444. The maximum Gasteiger partial charge on any atom is 0.260 e. The minimum atomic E-state index is -0.571. The van der Waals surface area contributed by atoms with Crippen LogP contribution in [0, 0.1) is 0 Å². The van der Waals surface area contributed by atoms with E-state index in [-0.39, 0.29) is 17.2 Å². The zero-order valence-electron chi connectivity index (χ0n) is 14.8. The molecule has 0 radical (unpaired) electrons. The van der Waals surface area contributed by atoms with E-state index in [1.54, 1.807) is 28.8 Å². The molecule has 2 aliphatic heterocycles. The van der Waals surface area contributed by atoms with Crippen LogP contribution >= 0.6 is 11.8 Å². The van der Waals surface area contributed by atoms with E-state index in [1.807, 2.05) is 19.9 Å². The minimum absolute atomic E-state index is 0.174. The molecule has 0 aromatic heterocycles. The van der Waals surface area contributed by atoms with E-state index in [1.165, 1.54) is 14.2 Å². The Kier molecular flexibility index (Phi) is 4.45. The molecule has 1 fully saturated rings. The van der Waals surface area contributed by atoms with Gasteiger partial charge in [0.15, 0.2) is 11.5 Å². The highest BCUT2D eigenvalue weighted by atomic mass is 32.2. The Morgan fingerprint density at radius 1 is 1.40 bits per heavy atom. The molecule has 2 unspecified atom stereocenters. The van der Waals surface area contributed by atoms with Crippen LogP contribution in [0.5, 0.6) is 11.5 Å². The summed E-state index contributed by atoms with van der Waals surface area (Å²) in [7, 11) is 3.05. The number of benzene rings is 1. The first kappa shape index (κ1) is 17.7. The van der Waals surface area contributed by atoms with Crippen LogP contribution < -0.4 is 14.8 Å². The number of rotatable bonds is 5. The van der Waals surface area contributed by atoms with Gasteiger partial charge in [-0.2, -0.15) is 0 Å². The number of hydrogen-bond acceptors (Lipinski definition) is 5. The van der Waals surface area contributed by atoms with Crippen LogP contribution in [0.15, 0.2) is 24.8 Å². The Morgan fingerprint density at radius 2 is 2.12 bits per heavy atom. The van der Waals surface area contributed by atoms with Gasteiger partial charge in [0.25, 0.3) is 5.91 Å². The molecular weight excluding hydrogens is 340 g/mol. The second kappa shape index (κ2) is 6.29. The molecule has 0 bridgehead atoms. The van der Waals surface area contributed by atoms with Gasteiger partial charge in [-0.25, -0.2) is 0 Å². The lowest BCUT2D eigenvalue weighted by atomic mass is 10.0. The summed E-state index contributed by atoms with van der Waals surface area (Å²) in [6.45, 7) is 7.96. The third-order valence-corrected chi connectivity index (χ3v) is 6.10. The van der Waals surface area contributed by atoms with Crippen LogP contribution in [0.25, 0.3) is 0 Å². The molecule has 0 spiro atoms. The molecule has 6 nitrogen and oxygen atoms in total. The van der Waals surface area contributed by atoms with Gasteiger partial charge in [-0.05, 0) is 19.9 Å². The van der Waals surface area contributed by atoms with Crippen LogP contribution in [0.3, 0.4) is 0 Å². The summed E-state index contributed by atoms with van der Waals surface area (Å²) in [5.74, 6) is 0.551. The lowest BCUT2D eigenvalue weighted by molar-refractivity contribution is -0.125. The van der Waals surface area contributed by atoms with Crippen LogP contribution in [0.1, 0.15) is 35.1 Å². The fourth-order valence-corrected chi connectivity index (χ4v) is 5.10. The molecule has 1 N–H and O–H groups in total. The molecule has 2 aliphatic rings. The molecule has 0 saturated carbocycles. The molecule has 2 atom stereocenters. The number of nitrogens with zero attached hydrogens (tertiary/aromatic N) is 1. The first-order chi connectivity index (χ1) is 11.9. The largest absolute Gasteiger partial charge is 0.493 e. The Morgan fingerprint density at radius 3 is 2.72 bits per heavy atom. The van der Waals surface area contributed by atoms with E-state index in [0.717, 1.165) is 5.56 Å². The highest BCUT2D eigenvalue weighted by Crippen LogP contribution is 2.58. The van der Waals surface area contributed by atoms with Gasteiger partial charge in [-0.15, -0.1) is 18.3 Å². The second-order valence-corrected chi connectivity index (χ2v) is 8.22. The molecule has 0 aliphatic carbocycles. The zero-order chi connectivity index (χ0) is 18.4. The fourth-order valence-electron chi connectivity index (χ4n) is 3.53. The van der Waals surface area contributed by atoms with E-state index >= 15 is 0 Å². The van der Waals surface area contributed by atoms with Crippen molar-refractivity contribution in [2.75, 3.05) is 20.8 Å². The number of nitrogens with one attached hydrogen (secondary N) is 1. The van der Waals surface area contributed by atoms with Crippen LogP contribution in [0.2, 0.25) is 0 Å². The second-order valence-electron chi connectivity index (χ2n) is 6.49. The molecule has 7 heteroatoms. The average Bonchev–Trinajstić information content (AvgIpc) is 3.01. The first-order valence-corrected chi connectivity index (χ1v) is 8.89. The maximum atomic E-state index is 13.2. The molecular formula is C18H22N2O4S. The SMILES string of the molecule is C=CCNC(=O)C1N2C(=O)c3c(ccc(OC)c3OC)C2SC1(C)C. The predicted molar refractivity (Wildman–Crippen MR) is 97.1 cm³/mol. The summed E-state index contributed by atoms with van der Waals surface area (Å²) < 4.78 is 10.3. The molecule has 25 heavy (non-hydrogen) atoms. The topological polar surface area (TPSA) is 67.9 Å². The van der Waals surface area contributed by atoms with Gasteiger partial charge in [0.05, 0.1) is 19.8 Å². The molecule has 3 rings (SSSR count). The monoisotopic (exact) mass is 362 g/mol. The number of carbonyl (C=O) groups is 2. The van der Waals surface area contributed by atoms with Crippen molar-refractivity contribution >= 4 is 23.6 Å². The van der Waals surface area contributed by atoms with Crippen LogP contribution in [-0.2, 0) is 4.79 Å². The summed E-state index contributed by atoms with van der Waals surface area (Å²) in [6.07, 6.45) is 1.62. The summed E-state index contributed by atoms with van der Waals surface area (Å²) in [5.41, 5.74) is 1.34. The van der Waals surface area contributed by atoms with Crippen molar-refractivity contribution in [2.45, 2.75) is 30.0 Å². The van der Waals surface area contributed by atoms with Gasteiger partial charge < -0.3 is 19.7 Å². The van der Waals surface area contributed by atoms with E-state index < -0.39 is 10.8 Å². The van der Waals surface area contributed by atoms with Crippen molar-refractivity contribution in [3.63, 3.8) is 0 Å². The van der Waals surface area contributed by atoms with Gasteiger partial charge in [0.2, 0.25) is 5.91 Å². The molecule has 1 aromatic carbocycles. The molecule has 1 saturated heterocycles. The number of amides is 2. The summed E-state index contributed by atoms with van der Waals surface area (Å²) in [4.78, 5) is 27.6. The van der Waals surface area contributed by atoms with E-state index in [9.17, 15) is 9.59 Å². The summed E-state index contributed by atoms with van der Waals surface area (Å²) in [6, 6.07) is 3.11. The van der Waals surface area contributed by atoms with Crippen molar-refractivity contribution in [1.29, 1.82) is 0 Å². The van der Waals surface area contributed by atoms with Gasteiger partial charge in [-0.3, -0.25) is 9.59 Å². The van der Waals surface area contributed by atoms with Crippen LogP contribution in [-0.4, -0.2) is 48.3 Å². The van der Waals surface area contributed by atoms with Gasteiger partial charge in [0, 0.05) is 16.9 Å². The van der Waals surface area contributed by atoms with E-state index in [4.69, 9.17) is 9.47 Å². The predicted octanol–water partition coefficient (Wildman–Crippen LogP) is 2.35. The molecule has 134 valence electrons. The van der Waals surface area contributed by atoms with E-state index in [0.29, 0.717) is 23.6 Å². The molecule has 1 aromatic rings. The quantitative estimate of drug-likeness (QED) is 0.815. The average molecular weight is 362 g/mol. The zero-order valence-corrected chi connectivity index (χ0v) is 15.6. The standard InChI is InChI=1S/C18H22N2O4S/c1-6-9-19-15(21)14-18(2,3)25-17-10-7-8-11(23-4)13(24-5)12(10)16(22)20(14)17/h6-8,14,17H,1,9H2,2-5H3,(H,19,21). The van der Waals surface area contributed by atoms with Crippen molar-refractivity contribution in [2.24, 2.45) is 0 Å². The highest BCUT2D eigenvalue weighted by Gasteiger charge is 2.58. The summed E-state index contributed by atoms with van der Waals surface area (Å²) >= 11 is 1.61. The first-order valence-electron chi connectivity index (χ1n) is 8.01.